The molecular weight excluding hydrogens is 242 g/mol. The fourth-order valence-corrected chi connectivity index (χ4v) is 3.14. The molecule has 0 bridgehead atoms. The Morgan fingerprint density at radius 1 is 1.24 bits per heavy atom. The average molecular weight is 263 g/mol. The summed E-state index contributed by atoms with van der Waals surface area (Å²) in [5, 5.41) is 0. The van der Waals surface area contributed by atoms with Crippen molar-refractivity contribution < 1.29 is 13.2 Å². The van der Waals surface area contributed by atoms with Gasteiger partial charge in [0.2, 0.25) is 5.91 Å². The highest BCUT2D eigenvalue weighted by Gasteiger charge is 2.33. The highest BCUT2D eigenvalue weighted by Crippen LogP contribution is 2.21. The largest absolute Gasteiger partial charge is 0.349 e. The van der Waals surface area contributed by atoms with Crippen LogP contribution in [0.2, 0.25) is 0 Å². The Labute approximate surface area is 103 Å². The molecule has 0 aromatic rings. The third-order valence-corrected chi connectivity index (χ3v) is 4.87. The summed E-state index contributed by atoms with van der Waals surface area (Å²) in [7, 11) is 3.01. The second-order valence-electron chi connectivity index (χ2n) is 4.72. The number of nitrogens with zero attached hydrogens (tertiary/aromatic N) is 3. The third kappa shape index (κ3) is 3.17. The van der Waals surface area contributed by atoms with Crippen molar-refractivity contribution in [2.24, 2.45) is 5.92 Å². The molecule has 0 saturated carbocycles. The zero-order chi connectivity index (χ0) is 13.2. The molecule has 1 amide bonds. The van der Waals surface area contributed by atoms with Gasteiger partial charge >= 0.3 is 0 Å². The second kappa shape index (κ2) is 5.32. The van der Waals surface area contributed by atoms with Gasteiger partial charge in [-0.25, -0.2) is 0 Å². The molecule has 1 saturated heterocycles. The quantitative estimate of drug-likeness (QED) is 0.695. The molecule has 0 aromatic carbocycles. The normalized spacial score (nSPS) is 22.8. The monoisotopic (exact) mass is 263 g/mol. The highest BCUT2D eigenvalue weighted by molar-refractivity contribution is 7.86. The predicted octanol–water partition coefficient (Wildman–Crippen LogP) is -0.407. The van der Waals surface area contributed by atoms with Crippen LogP contribution in [0.5, 0.6) is 0 Å². The molecule has 17 heavy (non-hydrogen) atoms. The molecule has 1 aliphatic heterocycles. The van der Waals surface area contributed by atoms with Gasteiger partial charge in [-0.15, -0.1) is 0 Å². The van der Waals surface area contributed by atoms with Crippen LogP contribution in [0.15, 0.2) is 0 Å². The lowest BCUT2D eigenvalue weighted by molar-refractivity contribution is -0.134. The number of piperidine rings is 1. The molecule has 7 heteroatoms. The fourth-order valence-electron chi connectivity index (χ4n) is 1.95. The minimum atomic E-state index is -3.40. The van der Waals surface area contributed by atoms with Crippen LogP contribution in [-0.4, -0.2) is 69.1 Å². The zero-order valence-corrected chi connectivity index (χ0v) is 11.7. The van der Waals surface area contributed by atoms with Gasteiger partial charge in [0, 0.05) is 41.3 Å². The van der Waals surface area contributed by atoms with E-state index < -0.39 is 10.2 Å². The summed E-state index contributed by atoms with van der Waals surface area (Å²) in [6, 6.07) is 0. The first-order valence-corrected chi connectivity index (χ1v) is 7.05. The molecule has 0 spiro atoms. The van der Waals surface area contributed by atoms with E-state index >= 15 is 0 Å². The van der Waals surface area contributed by atoms with Crippen LogP contribution >= 0.6 is 0 Å². The summed E-state index contributed by atoms with van der Waals surface area (Å²) in [5.41, 5.74) is 0. The van der Waals surface area contributed by atoms with E-state index in [1.54, 1.807) is 14.1 Å². The lowest BCUT2D eigenvalue weighted by Crippen LogP contribution is -2.48. The first kappa shape index (κ1) is 14.4. The highest BCUT2D eigenvalue weighted by atomic mass is 32.2. The van der Waals surface area contributed by atoms with E-state index in [1.165, 1.54) is 27.6 Å². The van der Waals surface area contributed by atoms with E-state index in [4.69, 9.17) is 0 Å². The molecule has 1 fully saturated rings. The number of hydrogen-bond donors (Lipinski definition) is 0. The topological polar surface area (TPSA) is 60.9 Å². The van der Waals surface area contributed by atoms with Crippen molar-refractivity contribution in [3.05, 3.63) is 0 Å². The molecule has 0 N–H and O–H groups in total. The molecule has 1 heterocycles. The van der Waals surface area contributed by atoms with Crippen molar-refractivity contribution in [3.63, 3.8) is 0 Å². The van der Waals surface area contributed by atoms with E-state index in [2.05, 4.69) is 0 Å². The van der Waals surface area contributed by atoms with Gasteiger partial charge in [-0.05, 0) is 12.8 Å². The minimum Gasteiger partial charge on any atom is -0.349 e. The van der Waals surface area contributed by atoms with Crippen LogP contribution < -0.4 is 0 Å². The van der Waals surface area contributed by atoms with Crippen LogP contribution in [-0.2, 0) is 15.0 Å². The predicted molar refractivity (Wildman–Crippen MR) is 65.6 cm³/mol. The van der Waals surface area contributed by atoms with E-state index in [0.29, 0.717) is 6.54 Å². The van der Waals surface area contributed by atoms with Crippen molar-refractivity contribution >= 4 is 16.1 Å². The van der Waals surface area contributed by atoms with Gasteiger partial charge in [-0.2, -0.15) is 17.0 Å². The summed E-state index contributed by atoms with van der Waals surface area (Å²) in [4.78, 5) is 13.4. The molecule has 100 valence electrons. The molecule has 6 nitrogen and oxygen atoms in total. The third-order valence-electron chi connectivity index (χ3n) is 2.96. The maximum absolute atomic E-state index is 12.0. The van der Waals surface area contributed by atoms with Crippen LogP contribution in [0.3, 0.4) is 0 Å². The number of carbonyl (C=O) groups is 1. The van der Waals surface area contributed by atoms with Crippen LogP contribution in [0, 0.1) is 5.92 Å². The lowest BCUT2D eigenvalue weighted by Gasteiger charge is -2.33. The minimum absolute atomic E-state index is 0.00339. The van der Waals surface area contributed by atoms with Crippen LogP contribution in [0.1, 0.15) is 12.8 Å². The van der Waals surface area contributed by atoms with Gasteiger partial charge in [-0.3, -0.25) is 4.79 Å². The standard InChI is InChI=1S/C10H21N3O3S/c1-11(2)10(14)9-6-5-7-13(8-9)17(15,16)12(3)4/h9H,5-8H2,1-4H3/t9-/m1/s1. The number of carbonyl (C=O) groups excluding carboxylic acids is 1. The number of hydrogen-bond acceptors (Lipinski definition) is 3. The van der Waals surface area contributed by atoms with Gasteiger partial charge in [0.25, 0.3) is 10.2 Å². The zero-order valence-electron chi connectivity index (χ0n) is 10.9. The first-order valence-electron chi connectivity index (χ1n) is 5.65. The van der Waals surface area contributed by atoms with Crippen LogP contribution in [0.4, 0.5) is 0 Å². The Bertz CT molecular complexity index is 378. The molecule has 0 radical (unpaired) electrons. The Morgan fingerprint density at radius 3 is 2.29 bits per heavy atom. The lowest BCUT2D eigenvalue weighted by atomic mass is 9.98. The second-order valence-corrected chi connectivity index (χ2v) is 6.86. The van der Waals surface area contributed by atoms with Crippen molar-refractivity contribution in [1.29, 1.82) is 0 Å². The maximum Gasteiger partial charge on any atom is 0.281 e. The van der Waals surface area contributed by atoms with Crippen molar-refractivity contribution in [2.45, 2.75) is 12.8 Å². The van der Waals surface area contributed by atoms with Crippen molar-refractivity contribution in [2.75, 3.05) is 41.3 Å². The Balaban J connectivity index is 2.77. The van der Waals surface area contributed by atoms with E-state index in [9.17, 15) is 13.2 Å². The molecule has 0 aliphatic carbocycles. The summed E-state index contributed by atoms with van der Waals surface area (Å²) >= 11 is 0. The molecule has 1 atom stereocenters. The Kier molecular flexibility index (Phi) is 4.51. The maximum atomic E-state index is 12.0. The van der Waals surface area contributed by atoms with E-state index in [-0.39, 0.29) is 18.4 Å². The molecule has 1 aliphatic rings. The smallest absolute Gasteiger partial charge is 0.281 e. The summed E-state index contributed by atoms with van der Waals surface area (Å²) in [6.07, 6.45) is 1.49. The van der Waals surface area contributed by atoms with Gasteiger partial charge < -0.3 is 4.90 Å². The van der Waals surface area contributed by atoms with Gasteiger partial charge in [-0.1, -0.05) is 0 Å². The fraction of sp³-hybridized carbons (Fsp3) is 0.900. The number of amides is 1. The molecular formula is C10H21N3O3S. The van der Waals surface area contributed by atoms with Crippen molar-refractivity contribution in [3.8, 4) is 0 Å². The van der Waals surface area contributed by atoms with E-state index in [0.717, 1.165) is 12.8 Å². The summed E-state index contributed by atoms with van der Waals surface area (Å²) < 4.78 is 26.5. The van der Waals surface area contributed by atoms with Crippen LogP contribution in [0.25, 0.3) is 0 Å². The van der Waals surface area contributed by atoms with Crippen molar-refractivity contribution in [1.82, 2.24) is 13.5 Å². The molecule has 1 rings (SSSR count). The van der Waals surface area contributed by atoms with Gasteiger partial charge in [0.15, 0.2) is 0 Å². The summed E-state index contributed by atoms with van der Waals surface area (Å²) in [5.74, 6) is -0.211. The first-order chi connectivity index (χ1) is 7.76. The Morgan fingerprint density at radius 2 is 1.82 bits per heavy atom. The van der Waals surface area contributed by atoms with E-state index in [1.807, 2.05) is 0 Å². The SMILES string of the molecule is CN(C)C(=O)[C@@H]1CCCN(S(=O)(=O)N(C)C)C1. The van der Waals surface area contributed by atoms with Gasteiger partial charge in [0.05, 0.1) is 5.92 Å². The van der Waals surface area contributed by atoms with Gasteiger partial charge in [0.1, 0.15) is 0 Å². The summed E-state index contributed by atoms with van der Waals surface area (Å²) in [6.45, 7) is 0.787. The molecule has 0 aromatic heterocycles. The number of rotatable bonds is 3. The molecule has 0 unspecified atom stereocenters. The average Bonchev–Trinajstić information content (AvgIpc) is 2.27. The Hall–Kier alpha value is -0.660.